The molecule has 1 amide bonds. The molecular weight excluding hydrogens is 387 g/mol. The van der Waals surface area contributed by atoms with E-state index in [1.54, 1.807) is 23.7 Å². The van der Waals surface area contributed by atoms with E-state index in [1.165, 1.54) is 29.5 Å². The summed E-state index contributed by atoms with van der Waals surface area (Å²) in [5, 5.41) is 5.27. The van der Waals surface area contributed by atoms with Crippen LogP contribution in [0.15, 0.2) is 48.0 Å². The normalized spacial score (nSPS) is 11.1. The zero-order chi connectivity index (χ0) is 19.7. The highest BCUT2D eigenvalue weighted by atomic mass is 32.1. The van der Waals surface area contributed by atoms with Gasteiger partial charge in [0, 0.05) is 35.1 Å². The Kier molecular flexibility index (Phi) is 4.87. The maximum Gasteiger partial charge on any atom is 0.226 e. The first kappa shape index (κ1) is 18.2. The van der Waals surface area contributed by atoms with Gasteiger partial charge in [-0.05, 0) is 47.9 Å². The molecule has 2 aromatic carbocycles. The van der Waals surface area contributed by atoms with Crippen molar-refractivity contribution in [2.45, 2.75) is 12.8 Å². The standard InChI is InChI=1S/C20H14F3N3OS/c21-12-3-1-11(2-4-12)18-14(5-6-17(27)25-20-24-7-8-28-20)15-9-13(22)10-16(23)19(15)26-18/h1-4,7-10,26H,5-6H2,(H,24,25,27). The first-order valence-electron chi connectivity index (χ1n) is 8.46. The maximum absolute atomic E-state index is 14.3. The van der Waals surface area contributed by atoms with Crippen LogP contribution in [0.2, 0.25) is 0 Å². The van der Waals surface area contributed by atoms with Gasteiger partial charge in [0.2, 0.25) is 5.91 Å². The molecule has 4 aromatic rings. The second-order valence-corrected chi connectivity index (χ2v) is 7.08. The summed E-state index contributed by atoms with van der Waals surface area (Å²) in [6, 6.07) is 7.70. The molecule has 0 saturated heterocycles. The Hall–Kier alpha value is -3.13. The topological polar surface area (TPSA) is 57.8 Å². The predicted molar refractivity (Wildman–Crippen MR) is 103 cm³/mol. The molecule has 28 heavy (non-hydrogen) atoms. The van der Waals surface area contributed by atoms with E-state index in [0.717, 1.165) is 6.07 Å². The molecule has 0 fully saturated rings. The van der Waals surface area contributed by atoms with E-state index in [9.17, 15) is 18.0 Å². The number of H-pyrrole nitrogens is 1. The number of hydrogen-bond acceptors (Lipinski definition) is 3. The molecular formula is C20H14F3N3OS. The number of hydrogen-bond donors (Lipinski definition) is 2. The summed E-state index contributed by atoms with van der Waals surface area (Å²) in [6.45, 7) is 0. The van der Waals surface area contributed by atoms with Crippen molar-refractivity contribution >= 4 is 33.3 Å². The summed E-state index contributed by atoms with van der Waals surface area (Å²) in [5.74, 6) is -2.09. The minimum Gasteiger partial charge on any atom is -0.352 e. The molecule has 4 rings (SSSR count). The Morgan fingerprint density at radius 3 is 2.61 bits per heavy atom. The average Bonchev–Trinajstić information content (AvgIpc) is 3.28. The van der Waals surface area contributed by atoms with Gasteiger partial charge in [0.15, 0.2) is 5.13 Å². The molecule has 0 aliphatic heterocycles. The van der Waals surface area contributed by atoms with Gasteiger partial charge >= 0.3 is 0 Å². The van der Waals surface area contributed by atoms with Crippen molar-refractivity contribution in [1.82, 2.24) is 9.97 Å². The largest absolute Gasteiger partial charge is 0.352 e. The van der Waals surface area contributed by atoms with E-state index < -0.39 is 17.5 Å². The predicted octanol–water partition coefficient (Wildman–Crippen LogP) is 5.28. The van der Waals surface area contributed by atoms with E-state index in [2.05, 4.69) is 15.3 Å². The Bertz CT molecular complexity index is 1140. The minimum absolute atomic E-state index is 0.0961. The highest BCUT2D eigenvalue weighted by Crippen LogP contribution is 2.33. The molecule has 2 N–H and O–H groups in total. The summed E-state index contributed by atoms with van der Waals surface area (Å²) >= 11 is 1.30. The zero-order valence-electron chi connectivity index (χ0n) is 14.4. The second kappa shape index (κ2) is 7.47. The van der Waals surface area contributed by atoms with E-state index in [1.807, 2.05) is 0 Å². The lowest BCUT2D eigenvalue weighted by Gasteiger charge is -2.06. The van der Waals surface area contributed by atoms with Crippen LogP contribution in [0.4, 0.5) is 18.3 Å². The average molecular weight is 401 g/mol. The maximum atomic E-state index is 14.3. The monoisotopic (exact) mass is 401 g/mol. The van der Waals surface area contributed by atoms with Crippen LogP contribution in [0.1, 0.15) is 12.0 Å². The molecule has 4 nitrogen and oxygen atoms in total. The fourth-order valence-electron chi connectivity index (χ4n) is 3.10. The first-order chi connectivity index (χ1) is 13.5. The lowest BCUT2D eigenvalue weighted by molar-refractivity contribution is -0.116. The Morgan fingerprint density at radius 1 is 1.11 bits per heavy atom. The van der Waals surface area contributed by atoms with Crippen molar-refractivity contribution in [2.75, 3.05) is 5.32 Å². The van der Waals surface area contributed by atoms with Crippen LogP contribution in [0.5, 0.6) is 0 Å². The number of carbonyl (C=O) groups is 1. The number of fused-ring (bicyclic) bond motifs is 1. The van der Waals surface area contributed by atoms with Gasteiger partial charge < -0.3 is 10.3 Å². The highest BCUT2D eigenvalue weighted by Gasteiger charge is 2.18. The van der Waals surface area contributed by atoms with Gasteiger partial charge in [-0.3, -0.25) is 4.79 Å². The van der Waals surface area contributed by atoms with Crippen molar-refractivity contribution in [3.05, 3.63) is 71.0 Å². The molecule has 0 atom stereocenters. The van der Waals surface area contributed by atoms with Gasteiger partial charge in [-0.15, -0.1) is 11.3 Å². The van der Waals surface area contributed by atoms with E-state index in [-0.39, 0.29) is 24.3 Å². The van der Waals surface area contributed by atoms with Crippen LogP contribution in [0.3, 0.4) is 0 Å². The fraction of sp³-hybridized carbons (Fsp3) is 0.100. The first-order valence-corrected chi connectivity index (χ1v) is 9.34. The third-order valence-corrected chi connectivity index (χ3v) is 5.03. The lowest BCUT2D eigenvalue weighted by atomic mass is 10.0. The molecule has 0 radical (unpaired) electrons. The molecule has 142 valence electrons. The summed E-state index contributed by atoms with van der Waals surface area (Å²) < 4.78 is 41.3. The number of thiazole rings is 1. The van der Waals surface area contributed by atoms with Crippen LogP contribution in [0, 0.1) is 17.5 Å². The molecule has 2 aromatic heterocycles. The van der Waals surface area contributed by atoms with Gasteiger partial charge in [0.05, 0.1) is 5.52 Å². The smallest absolute Gasteiger partial charge is 0.226 e. The second-order valence-electron chi connectivity index (χ2n) is 6.18. The Morgan fingerprint density at radius 2 is 1.89 bits per heavy atom. The van der Waals surface area contributed by atoms with Gasteiger partial charge in [-0.1, -0.05) is 0 Å². The molecule has 2 heterocycles. The number of amides is 1. The van der Waals surface area contributed by atoms with Crippen molar-refractivity contribution in [2.24, 2.45) is 0 Å². The number of halogens is 3. The van der Waals surface area contributed by atoms with Crippen LogP contribution in [0.25, 0.3) is 22.2 Å². The van der Waals surface area contributed by atoms with Gasteiger partial charge in [0.25, 0.3) is 0 Å². The minimum atomic E-state index is -0.725. The molecule has 0 bridgehead atoms. The number of anilines is 1. The van der Waals surface area contributed by atoms with Crippen LogP contribution in [-0.4, -0.2) is 15.9 Å². The lowest BCUT2D eigenvalue weighted by Crippen LogP contribution is -2.12. The summed E-state index contributed by atoms with van der Waals surface area (Å²) in [7, 11) is 0. The van der Waals surface area contributed by atoms with Crippen molar-refractivity contribution in [3.63, 3.8) is 0 Å². The van der Waals surface area contributed by atoms with Crippen LogP contribution in [-0.2, 0) is 11.2 Å². The number of carbonyl (C=O) groups excluding carboxylic acids is 1. The van der Waals surface area contributed by atoms with E-state index >= 15 is 0 Å². The Labute approximate surface area is 162 Å². The third kappa shape index (κ3) is 3.63. The van der Waals surface area contributed by atoms with Crippen LogP contribution >= 0.6 is 11.3 Å². The number of aromatic nitrogens is 2. The highest BCUT2D eigenvalue weighted by molar-refractivity contribution is 7.13. The quantitative estimate of drug-likeness (QED) is 0.478. The van der Waals surface area contributed by atoms with E-state index in [0.29, 0.717) is 27.3 Å². The van der Waals surface area contributed by atoms with E-state index in [4.69, 9.17) is 0 Å². The van der Waals surface area contributed by atoms with Gasteiger partial charge in [-0.2, -0.15) is 0 Å². The SMILES string of the molecule is O=C(CCc1c(-c2ccc(F)cc2)[nH]c2c(F)cc(F)cc12)Nc1nccs1. The third-order valence-electron chi connectivity index (χ3n) is 4.35. The van der Waals surface area contributed by atoms with Crippen molar-refractivity contribution in [3.8, 4) is 11.3 Å². The number of aryl methyl sites for hydroxylation is 1. The summed E-state index contributed by atoms with van der Waals surface area (Å²) in [5.41, 5.74) is 1.89. The zero-order valence-corrected chi connectivity index (χ0v) is 15.2. The number of benzene rings is 2. The summed E-state index contributed by atoms with van der Waals surface area (Å²) in [4.78, 5) is 19.2. The number of aromatic amines is 1. The van der Waals surface area contributed by atoms with Crippen LogP contribution < -0.4 is 5.32 Å². The number of nitrogens with one attached hydrogen (secondary N) is 2. The van der Waals surface area contributed by atoms with Gasteiger partial charge in [0.1, 0.15) is 17.5 Å². The van der Waals surface area contributed by atoms with Crippen molar-refractivity contribution in [1.29, 1.82) is 0 Å². The number of rotatable bonds is 5. The van der Waals surface area contributed by atoms with Gasteiger partial charge in [-0.25, -0.2) is 18.2 Å². The van der Waals surface area contributed by atoms with Crippen molar-refractivity contribution < 1.29 is 18.0 Å². The molecule has 0 unspecified atom stereocenters. The molecule has 0 saturated carbocycles. The molecule has 8 heteroatoms. The Balaban J connectivity index is 1.70. The number of nitrogens with zero attached hydrogens (tertiary/aromatic N) is 1. The molecule has 0 aliphatic rings. The fourth-order valence-corrected chi connectivity index (χ4v) is 3.65. The summed E-state index contributed by atoms with van der Waals surface area (Å²) in [6.07, 6.45) is 1.92. The molecule has 0 aliphatic carbocycles. The molecule has 0 spiro atoms.